The van der Waals surface area contributed by atoms with Crippen LogP contribution in [0.1, 0.15) is 30.0 Å². The molecular formula is C18H23NO. The van der Waals surface area contributed by atoms with Gasteiger partial charge in [-0.15, -0.1) is 0 Å². The summed E-state index contributed by atoms with van der Waals surface area (Å²) in [6.45, 7) is 2.41. The van der Waals surface area contributed by atoms with Gasteiger partial charge in [-0.2, -0.15) is 0 Å². The van der Waals surface area contributed by atoms with Gasteiger partial charge < -0.3 is 10.0 Å². The van der Waals surface area contributed by atoms with E-state index in [1.165, 1.54) is 21.9 Å². The van der Waals surface area contributed by atoms with Crippen molar-refractivity contribution in [2.24, 2.45) is 5.41 Å². The number of hydrogen-bond donors (Lipinski definition) is 1. The van der Waals surface area contributed by atoms with Crippen LogP contribution in [0.15, 0.2) is 36.4 Å². The summed E-state index contributed by atoms with van der Waals surface area (Å²) in [5.41, 5.74) is 2.68. The van der Waals surface area contributed by atoms with Gasteiger partial charge in [0.15, 0.2) is 0 Å². The van der Waals surface area contributed by atoms with Crippen molar-refractivity contribution in [1.82, 2.24) is 4.90 Å². The van der Waals surface area contributed by atoms with E-state index in [9.17, 15) is 5.11 Å². The van der Waals surface area contributed by atoms with E-state index in [1.807, 2.05) is 0 Å². The summed E-state index contributed by atoms with van der Waals surface area (Å²) in [4.78, 5) is 2.25. The van der Waals surface area contributed by atoms with Crippen molar-refractivity contribution in [1.29, 1.82) is 0 Å². The molecule has 2 aromatic carbocycles. The Hall–Kier alpha value is -1.38. The predicted molar refractivity (Wildman–Crippen MR) is 83.9 cm³/mol. The van der Waals surface area contributed by atoms with Crippen LogP contribution in [0.25, 0.3) is 10.8 Å². The fourth-order valence-electron chi connectivity index (χ4n) is 3.43. The largest absolute Gasteiger partial charge is 0.396 e. The second-order valence-corrected chi connectivity index (χ2v) is 6.50. The highest BCUT2D eigenvalue weighted by atomic mass is 16.3. The first-order valence-corrected chi connectivity index (χ1v) is 7.33. The van der Waals surface area contributed by atoms with Gasteiger partial charge in [0.2, 0.25) is 0 Å². The Kier molecular flexibility index (Phi) is 3.31. The van der Waals surface area contributed by atoms with E-state index in [1.54, 1.807) is 0 Å². The maximum Gasteiger partial charge on any atom is 0.0505 e. The molecule has 1 N–H and O–H groups in total. The Morgan fingerprint density at radius 3 is 2.35 bits per heavy atom. The zero-order valence-corrected chi connectivity index (χ0v) is 12.6. The minimum atomic E-state index is 0.0713. The summed E-state index contributed by atoms with van der Waals surface area (Å²) >= 11 is 0. The molecule has 0 aliphatic heterocycles. The minimum absolute atomic E-state index is 0.0713. The van der Waals surface area contributed by atoms with Crippen LogP contribution in [0.3, 0.4) is 0 Å². The van der Waals surface area contributed by atoms with Crippen molar-refractivity contribution < 1.29 is 5.11 Å². The molecule has 0 bridgehead atoms. The molecule has 0 amide bonds. The Bertz CT molecular complexity index is 628. The van der Waals surface area contributed by atoms with Gasteiger partial charge in [-0.3, -0.25) is 0 Å². The molecule has 1 unspecified atom stereocenters. The normalized spacial score (nSPS) is 18.4. The zero-order valence-electron chi connectivity index (χ0n) is 12.6. The fraction of sp³-hybridized carbons (Fsp3) is 0.444. The third kappa shape index (κ3) is 2.23. The molecular weight excluding hydrogens is 246 g/mol. The molecule has 1 aliphatic carbocycles. The average Bonchev–Trinajstić information content (AvgIpc) is 3.19. The lowest BCUT2D eigenvalue weighted by molar-refractivity contribution is 0.116. The van der Waals surface area contributed by atoms with Gasteiger partial charge in [0, 0.05) is 11.5 Å². The lowest BCUT2D eigenvalue weighted by Crippen LogP contribution is -2.30. The molecule has 0 aromatic heterocycles. The summed E-state index contributed by atoms with van der Waals surface area (Å²) in [6.07, 6.45) is 2.25. The Labute approximate surface area is 121 Å². The van der Waals surface area contributed by atoms with E-state index in [0.717, 1.165) is 12.8 Å². The van der Waals surface area contributed by atoms with E-state index in [0.29, 0.717) is 6.04 Å². The van der Waals surface area contributed by atoms with Gasteiger partial charge in [-0.05, 0) is 56.3 Å². The Balaban J connectivity index is 2.05. The van der Waals surface area contributed by atoms with Crippen LogP contribution in [0, 0.1) is 12.3 Å². The summed E-state index contributed by atoms with van der Waals surface area (Å²) in [5.74, 6) is 0. The number of nitrogens with zero attached hydrogens (tertiary/aromatic N) is 1. The van der Waals surface area contributed by atoms with Crippen LogP contribution in [-0.4, -0.2) is 30.7 Å². The first-order chi connectivity index (χ1) is 9.55. The lowest BCUT2D eigenvalue weighted by Gasteiger charge is -2.32. The summed E-state index contributed by atoms with van der Waals surface area (Å²) in [7, 11) is 4.22. The van der Waals surface area contributed by atoms with Gasteiger partial charge in [0.1, 0.15) is 0 Å². The number of aliphatic hydroxyl groups is 1. The molecule has 0 heterocycles. The van der Waals surface area contributed by atoms with E-state index in [2.05, 4.69) is 62.3 Å². The van der Waals surface area contributed by atoms with Gasteiger partial charge in [0.05, 0.1) is 6.61 Å². The molecule has 20 heavy (non-hydrogen) atoms. The summed E-state index contributed by atoms with van der Waals surface area (Å²) < 4.78 is 0. The van der Waals surface area contributed by atoms with E-state index in [-0.39, 0.29) is 12.0 Å². The molecule has 3 rings (SSSR count). The lowest BCUT2D eigenvalue weighted by atomic mass is 9.88. The van der Waals surface area contributed by atoms with Gasteiger partial charge in [-0.1, -0.05) is 35.9 Å². The van der Waals surface area contributed by atoms with Gasteiger partial charge >= 0.3 is 0 Å². The number of rotatable bonds is 4. The molecule has 1 atom stereocenters. The first kappa shape index (κ1) is 13.6. The average molecular weight is 269 g/mol. The quantitative estimate of drug-likeness (QED) is 0.918. The van der Waals surface area contributed by atoms with Crippen molar-refractivity contribution >= 4 is 10.8 Å². The standard InChI is InChI=1S/C18H23NO/c1-13-4-5-15-11-16(7-6-14(15)10-13)17(19(2)3)18(12-20)8-9-18/h4-7,10-11,17,20H,8-9,12H2,1-3H3. The smallest absolute Gasteiger partial charge is 0.0505 e. The second-order valence-electron chi connectivity index (χ2n) is 6.50. The topological polar surface area (TPSA) is 23.5 Å². The predicted octanol–water partition coefficient (Wildman–Crippen LogP) is 3.52. The maximum absolute atomic E-state index is 9.76. The highest BCUT2D eigenvalue weighted by Crippen LogP contribution is 2.56. The van der Waals surface area contributed by atoms with E-state index in [4.69, 9.17) is 0 Å². The molecule has 0 saturated heterocycles. The van der Waals surface area contributed by atoms with Crippen molar-refractivity contribution in [3.8, 4) is 0 Å². The van der Waals surface area contributed by atoms with E-state index >= 15 is 0 Å². The van der Waals surface area contributed by atoms with Crippen LogP contribution < -0.4 is 0 Å². The number of benzene rings is 2. The zero-order chi connectivity index (χ0) is 14.3. The third-order valence-electron chi connectivity index (χ3n) is 4.64. The van der Waals surface area contributed by atoms with Gasteiger partial charge in [-0.25, -0.2) is 0 Å². The Morgan fingerprint density at radius 1 is 1.10 bits per heavy atom. The highest BCUT2D eigenvalue weighted by molar-refractivity contribution is 5.84. The maximum atomic E-state index is 9.76. The van der Waals surface area contributed by atoms with Crippen molar-refractivity contribution in [2.75, 3.05) is 20.7 Å². The molecule has 2 aromatic rings. The molecule has 2 heteroatoms. The summed E-state index contributed by atoms with van der Waals surface area (Å²) in [5, 5.41) is 12.3. The number of hydrogen-bond acceptors (Lipinski definition) is 2. The number of fused-ring (bicyclic) bond motifs is 1. The van der Waals surface area contributed by atoms with E-state index < -0.39 is 0 Å². The van der Waals surface area contributed by atoms with Crippen molar-refractivity contribution in [2.45, 2.75) is 25.8 Å². The van der Waals surface area contributed by atoms with Crippen molar-refractivity contribution in [3.63, 3.8) is 0 Å². The van der Waals surface area contributed by atoms with Crippen LogP contribution in [0.4, 0.5) is 0 Å². The van der Waals surface area contributed by atoms with Crippen molar-refractivity contribution in [3.05, 3.63) is 47.5 Å². The molecule has 1 saturated carbocycles. The summed E-state index contributed by atoms with van der Waals surface area (Å²) in [6, 6.07) is 13.6. The number of aryl methyl sites for hydroxylation is 1. The van der Waals surface area contributed by atoms with Gasteiger partial charge in [0.25, 0.3) is 0 Å². The van der Waals surface area contributed by atoms with Crippen LogP contribution in [-0.2, 0) is 0 Å². The third-order valence-corrected chi connectivity index (χ3v) is 4.64. The SMILES string of the molecule is Cc1ccc2cc(C(N(C)C)C3(CO)CC3)ccc2c1. The van der Waals surface area contributed by atoms with Crippen LogP contribution in [0.5, 0.6) is 0 Å². The first-order valence-electron chi connectivity index (χ1n) is 7.33. The fourth-order valence-corrected chi connectivity index (χ4v) is 3.43. The minimum Gasteiger partial charge on any atom is -0.396 e. The highest BCUT2D eigenvalue weighted by Gasteiger charge is 2.50. The monoisotopic (exact) mass is 269 g/mol. The molecule has 2 nitrogen and oxygen atoms in total. The Morgan fingerprint density at radius 2 is 1.75 bits per heavy atom. The molecule has 106 valence electrons. The second kappa shape index (κ2) is 4.87. The van der Waals surface area contributed by atoms with Crippen LogP contribution in [0.2, 0.25) is 0 Å². The number of aliphatic hydroxyl groups excluding tert-OH is 1. The molecule has 1 aliphatic rings. The molecule has 0 radical (unpaired) electrons. The molecule has 0 spiro atoms. The van der Waals surface area contributed by atoms with Crippen LogP contribution >= 0.6 is 0 Å². The molecule has 1 fully saturated rings.